The molecule has 0 radical (unpaired) electrons. The molecule has 1 unspecified atom stereocenters. The molecule has 1 aliphatic rings. The largest absolute Gasteiger partial charge is 0.376 e. The van der Waals surface area contributed by atoms with E-state index in [0.717, 1.165) is 23.8 Å². The minimum Gasteiger partial charge on any atom is -0.376 e. The van der Waals surface area contributed by atoms with Crippen molar-refractivity contribution in [3.8, 4) is 0 Å². The minimum absolute atomic E-state index is 0.0673. The minimum atomic E-state index is -0.169. The van der Waals surface area contributed by atoms with Gasteiger partial charge in [-0.2, -0.15) is 0 Å². The molecule has 1 fully saturated rings. The van der Waals surface area contributed by atoms with Crippen molar-refractivity contribution >= 4 is 10.8 Å². The third-order valence-corrected chi connectivity index (χ3v) is 4.22. The Kier molecular flexibility index (Phi) is 2.80. The van der Waals surface area contributed by atoms with Crippen LogP contribution in [-0.4, -0.2) is 17.7 Å². The van der Waals surface area contributed by atoms with Gasteiger partial charge in [0.05, 0.1) is 11.6 Å². The molecule has 1 aromatic heterocycles. The van der Waals surface area contributed by atoms with Crippen LogP contribution in [0.3, 0.4) is 0 Å². The Bertz CT molecular complexity index is 552. The van der Waals surface area contributed by atoms with E-state index in [0.29, 0.717) is 0 Å². The van der Waals surface area contributed by atoms with Gasteiger partial charge in [0.25, 0.3) is 0 Å². The van der Waals surface area contributed by atoms with Gasteiger partial charge in [-0.3, -0.25) is 4.98 Å². The Morgan fingerprint density at radius 1 is 1.33 bits per heavy atom. The topological polar surface area (TPSA) is 48.1 Å². The van der Waals surface area contributed by atoms with Crippen LogP contribution in [0.15, 0.2) is 36.7 Å². The second kappa shape index (κ2) is 4.34. The number of fused-ring (bicyclic) bond motifs is 1. The maximum atomic E-state index is 6.47. The smallest absolute Gasteiger partial charge is 0.0870 e. The highest BCUT2D eigenvalue weighted by Gasteiger charge is 2.43. The van der Waals surface area contributed by atoms with Crippen molar-refractivity contribution in [2.45, 2.75) is 30.9 Å². The average molecular weight is 242 g/mol. The van der Waals surface area contributed by atoms with Gasteiger partial charge in [0.2, 0.25) is 0 Å². The van der Waals surface area contributed by atoms with Gasteiger partial charge in [-0.1, -0.05) is 18.2 Å². The number of hydrogen-bond donors (Lipinski definition) is 1. The first-order chi connectivity index (χ1) is 8.77. The number of methoxy groups -OCH3 is 1. The summed E-state index contributed by atoms with van der Waals surface area (Å²) in [6.45, 7) is 0. The lowest BCUT2D eigenvalue weighted by atomic mass is 9.72. The van der Waals surface area contributed by atoms with Crippen LogP contribution in [-0.2, 0) is 4.74 Å². The van der Waals surface area contributed by atoms with Crippen molar-refractivity contribution in [3.05, 3.63) is 42.2 Å². The quantitative estimate of drug-likeness (QED) is 0.900. The first-order valence-corrected chi connectivity index (χ1v) is 6.40. The molecule has 1 saturated carbocycles. The molecule has 0 aliphatic heterocycles. The van der Waals surface area contributed by atoms with Crippen molar-refractivity contribution in [2.24, 2.45) is 5.73 Å². The number of hydrogen-bond acceptors (Lipinski definition) is 3. The third kappa shape index (κ3) is 1.62. The highest BCUT2D eigenvalue weighted by atomic mass is 16.5. The first-order valence-electron chi connectivity index (χ1n) is 6.40. The number of benzene rings is 1. The monoisotopic (exact) mass is 242 g/mol. The Morgan fingerprint density at radius 2 is 2.17 bits per heavy atom. The molecule has 3 heteroatoms. The molecule has 2 N–H and O–H groups in total. The van der Waals surface area contributed by atoms with Gasteiger partial charge in [-0.25, -0.2) is 0 Å². The molecule has 1 aromatic carbocycles. The summed E-state index contributed by atoms with van der Waals surface area (Å²) in [5, 5.41) is 2.32. The SMILES string of the molecule is COC1(C(N)c2cccc3cnccc23)CCC1. The molecule has 0 saturated heterocycles. The number of rotatable bonds is 3. The van der Waals surface area contributed by atoms with E-state index in [1.165, 1.54) is 11.8 Å². The molecule has 3 nitrogen and oxygen atoms in total. The van der Waals surface area contributed by atoms with E-state index in [-0.39, 0.29) is 11.6 Å². The maximum absolute atomic E-state index is 6.47. The summed E-state index contributed by atoms with van der Waals surface area (Å²) < 4.78 is 5.70. The molecule has 0 spiro atoms. The van der Waals surface area contributed by atoms with Crippen molar-refractivity contribution in [1.82, 2.24) is 4.98 Å². The predicted molar refractivity (Wildman–Crippen MR) is 72.3 cm³/mol. The van der Waals surface area contributed by atoms with Gasteiger partial charge in [0.1, 0.15) is 0 Å². The van der Waals surface area contributed by atoms with Gasteiger partial charge >= 0.3 is 0 Å². The summed E-state index contributed by atoms with van der Waals surface area (Å²) in [7, 11) is 1.77. The normalized spacial score (nSPS) is 19.4. The highest BCUT2D eigenvalue weighted by molar-refractivity contribution is 5.85. The molecule has 1 atom stereocenters. The summed E-state index contributed by atoms with van der Waals surface area (Å²) in [5.41, 5.74) is 7.46. The van der Waals surface area contributed by atoms with E-state index in [4.69, 9.17) is 10.5 Å². The van der Waals surface area contributed by atoms with E-state index in [9.17, 15) is 0 Å². The number of pyridine rings is 1. The van der Waals surface area contributed by atoms with Gasteiger partial charge < -0.3 is 10.5 Å². The Morgan fingerprint density at radius 3 is 2.83 bits per heavy atom. The van der Waals surface area contributed by atoms with Crippen LogP contribution in [0.2, 0.25) is 0 Å². The lowest BCUT2D eigenvalue weighted by Gasteiger charge is -2.45. The maximum Gasteiger partial charge on any atom is 0.0870 e. The number of aromatic nitrogens is 1. The van der Waals surface area contributed by atoms with Crippen molar-refractivity contribution < 1.29 is 4.74 Å². The summed E-state index contributed by atoms with van der Waals surface area (Å²) in [5.74, 6) is 0. The molecule has 3 rings (SSSR count). The van der Waals surface area contributed by atoms with Crippen LogP contribution in [0, 0.1) is 0 Å². The van der Waals surface area contributed by atoms with E-state index in [1.807, 2.05) is 24.5 Å². The standard InChI is InChI=1S/C15H18N2O/c1-18-15(7-3-8-15)14(16)13-5-2-4-11-10-17-9-6-12(11)13/h2,4-6,9-10,14H,3,7-8,16H2,1H3. The zero-order chi connectivity index (χ0) is 12.6. The van der Waals surface area contributed by atoms with E-state index >= 15 is 0 Å². The lowest BCUT2D eigenvalue weighted by Crippen LogP contribution is -2.48. The summed E-state index contributed by atoms with van der Waals surface area (Å²) in [6, 6.07) is 8.18. The van der Waals surface area contributed by atoms with Gasteiger partial charge in [0.15, 0.2) is 0 Å². The van der Waals surface area contributed by atoms with Gasteiger partial charge in [-0.05, 0) is 36.3 Å². The third-order valence-electron chi connectivity index (χ3n) is 4.22. The fourth-order valence-corrected chi connectivity index (χ4v) is 2.87. The van der Waals surface area contributed by atoms with Crippen molar-refractivity contribution in [2.75, 3.05) is 7.11 Å². The van der Waals surface area contributed by atoms with Gasteiger partial charge in [0, 0.05) is 24.9 Å². The van der Waals surface area contributed by atoms with E-state index in [2.05, 4.69) is 17.1 Å². The molecular weight excluding hydrogens is 224 g/mol. The van der Waals surface area contributed by atoms with Crippen LogP contribution < -0.4 is 5.73 Å². The summed E-state index contributed by atoms with van der Waals surface area (Å²) in [4.78, 5) is 4.16. The van der Waals surface area contributed by atoms with Gasteiger partial charge in [-0.15, -0.1) is 0 Å². The first kappa shape index (κ1) is 11.6. The van der Waals surface area contributed by atoms with E-state index in [1.54, 1.807) is 7.11 Å². The fraction of sp³-hybridized carbons (Fsp3) is 0.400. The molecule has 2 aromatic rings. The molecule has 0 amide bonds. The van der Waals surface area contributed by atoms with E-state index < -0.39 is 0 Å². The van der Waals surface area contributed by atoms with Crippen molar-refractivity contribution in [1.29, 1.82) is 0 Å². The molecule has 18 heavy (non-hydrogen) atoms. The summed E-state index contributed by atoms with van der Waals surface area (Å²) in [6.07, 6.45) is 7.00. The lowest BCUT2D eigenvalue weighted by molar-refractivity contribution is -0.0908. The fourth-order valence-electron chi connectivity index (χ4n) is 2.87. The Balaban J connectivity index is 2.09. The van der Waals surface area contributed by atoms with Crippen LogP contribution in [0.5, 0.6) is 0 Å². The van der Waals surface area contributed by atoms with Crippen LogP contribution in [0.25, 0.3) is 10.8 Å². The molecule has 1 heterocycles. The molecule has 94 valence electrons. The Hall–Kier alpha value is -1.45. The molecule has 1 aliphatic carbocycles. The van der Waals surface area contributed by atoms with Crippen molar-refractivity contribution in [3.63, 3.8) is 0 Å². The zero-order valence-electron chi connectivity index (χ0n) is 10.6. The van der Waals surface area contributed by atoms with Crippen LogP contribution in [0.1, 0.15) is 30.9 Å². The predicted octanol–water partition coefficient (Wildman–Crippen LogP) is 2.80. The van der Waals surface area contributed by atoms with Crippen LogP contribution in [0.4, 0.5) is 0 Å². The molecular formula is C15H18N2O. The number of ether oxygens (including phenoxy) is 1. The Labute approximate surface area is 107 Å². The van der Waals surface area contributed by atoms with Crippen LogP contribution >= 0.6 is 0 Å². The average Bonchev–Trinajstić information content (AvgIpc) is 2.37. The number of nitrogens with zero attached hydrogens (tertiary/aromatic N) is 1. The second-order valence-electron chi connectivity index (χ2n) is 5.04. The highest BCUT2D eigenvalue weighted by Crippen LogP contribution is 2.44. The zero-order valence-corrected chi connectivity index (χ0v) is 10.6. The number of nitrogens with two attached hydrogens (primary N) is 1. The summed E-state index contributed by atoms with van der Waals surface area (Å²) >= 11 is 0. The molecule has 0 bridgehead atoms. The second-order valence-corrected chi connectivity index (χ2v) is 5.04.